The first-order valence-electron chi connectivity index (χ1n) is 7.42. The first kappa shape index (κ1) is 13.4. The second kappa shape index (κ2) is 5.19. The van der Waals surface area contributed by atoms with Crippen LogP contribution in [0.3, 0.4) is 0 Å². The molecule has 23 heavy (non-hydrogen) atoms. The molecule has 0 N–H and O–H groups in total. The number of rotatable bonds is 2. The van der Waals surface area contributed by atoms with Crippen LogP contribution >= 0.6 is 0 Å². The quantitative estimate of drug-likeness (QED) is 0.509. The molecule has 0 atom stereocenters. The Morgan fingerprint density at radius 3 is 2.39 bits per heavy atom. The molecule has 0 bridgehead atoms. The lowest BCUT2D eigenvalue weighted by atomic mass is 10.1. The van der Waals surface area contributed by atoms with Crippen molar-refractivity contribution >= 4 is 33.3 Å². The highest BCUT2D eigenvalue weighted by Crippen LogP contribution is 2.37. The third-order valence-corrected chi connectivity index (χ3v) is 4.13. The molecule has 3 heteroatoms. The summed E-state index contributed by atoms with van der Waals surface area (Å²) in [6.07, 6.45) is 0. The minimum Gasteiger partial charge on any atom is -0.454 e. The molecule has 3 aromatic carbocycles. The smallest absolute Gasteiger partial charge is 0.159 e. The van der Waals surface area contributed by atoms with Crippen molar-refractivity contribution in [2.45, 2.75) is 0 Å². The van der Waals surface area contributed by atoms with Crippen molar-refractivity contribution in [3.05, 3.63) is 72.3 Å². The van der Waals surface area contributed by atoms with Crippen LogP contribution in [0.2, 0.25) is 0 Å². The minimum absolute atomic E-state index is 0.642. The van der Waals surface area contributed by atoms with Gasteiger partial charge in [0.05, 0.1) is 16.9 Å². The Morgan fingerprint density at radius 1 is 0.826 bits per heavy atom. The van der Waals surface area contributed by atoms with Crippen LogP contribution in [0.4, 0.5) is 11.4 Å². The Morgan fingerprint density at radius 2 is 1.52 bits per heavy atom. The van der Waals surface area contributed by atoms with Gasteiger partial charge in [0, 0.05) is 17.8 Å². The monoisotopic (exact) mass is 298 g/mol. The molecule has 1 heterocycles. The second-order valence-electron chi connectivity index (χ2n) is 5.44. The lowest BCUT2D eigenvalue weighted by Gasteiger charge is -2.20. The van der Waals surface area contributed by atoms with Gasteiger partial charge in [-0.15, -0.1) is 0 Å². The van der Waals surface area contributed by atoms with Crippen molar-refractivity contribution in [2.75, 3.05) is 11.9 Å². The molecule has 0 radical (unpaired) electrons. The van der Waals surface area contributed by atoms with Crippen molar-refractivity contribution in [3.63, 3.8) is 0 Å². The van der Waals surface area contributed by atoms with Gasteiger partial charge < -0.3 is 9.32 Å². The molecule has 110 valence electrons. The van der Waals surface area contributed by atoms with Crippen molar-refractivity contribution in [2.24, 2.45) is 0 Å². The number of hydrogen-bond acceptors (Lipinski definition) is 3. The van der Waals surface area contributed by atoms with E-state index in [0.717, 1.165) is 33.3 Å². The first-order chi connectivity index (χ1) is 11.3. The fraction of sp³-hybridized carbons (Fsp3) is 0.0500. The molecule has 4 rings (SSSR count). The van der Waals surface area contributed by atoms with Crippen molar-refractivity contribution in [3.8, 4) is 6.07 Å². The van der Waals surface area contributed by atoms with Gasteiger partial charge in [-0.1, -0.05) is 42.5 Å². The van der Waals surface area contributed by atoms with Gasteiger partial charge in [0.2, 0.25) is 0 Å². The van der Waals surface area contributed by atoms with E-state index in [1.807, 2.05) is 66.5 Å². The largest absolute Gasteiger partial charge is 0.454 e. The third kappa shape index (κ3) is 2.04. The van der Waals surface area contributed by atoms with E-state index in [1.165, 1.54) is 0 Å². The van der Waals surface area contributed by atoms with E-state index in [2.05, 4.69) is 18.2 Å². The lowest BCUT2D eigenvalue weighted by Crippen LogP contribution is -2.11. The molecule has 0 aliphatic heterocycles. The Balaban J connectivity index is 1.97. The van der Waals surface area contributed by atoms with Crippen LogP contribution in [0.25, 0.3) is 21.9 Å². The molecular formula is C20H14N2O. The number of benzene rings is 3. The number of nitrogens with zero attached hydrogens (tertiary/aromatic N) is 2. The Kier molecular flexibility index (Phi) is 3.03. The van der Waals surface area contributed by atoms with Gasteiger partial charge in [-0.2, -0.15) is 5.26 Å². The third-order valence-electron chi connectivity index (χ3n) is 4.13. The van der Waals surface area contributed by atoms with Gasteiger partial charge in [-0.05, 0) is 24.3 Å². The zero-order chi connectivity index (χ0) is 15.8. The van der Waals surface area contributed by atoms with Gasteiger partial charge in [0.15, 0.2) is 5.58 Å². The molecule has 0 spiro atoms. The summed E-state index contributed by atoms with van der Waals surface area (Å²) in [5.41, 5.74) is 4.16. The number of nitriles is 1. The highest BCUT2D eigenvalue weighted by Gasteiger charge is 2.15. The summed E-state index contributed by atoms with van der Waals surface area (Å²) in [5.74, 6) is 0. The van der Waals surface area contributed by atoms with Crippen LogP contribution in [-0.2, 0) is 0 Å². The minimum atomic E-state index is 0.642. The maximum atomic E-state index is 9.34. The molecule has 0 aliphatic rings. The summed E-state index contributed by atoms with van der Waals surface area (Å²) in [7, 11) is 1.96. The van der Waals surface area contributed by atoms with Crippen LogP contribution in [0, 0.1) is 11.3 Å². The fourth-order valence-electron chi connectivity index (χ4n) is 2.99. The van der Waals surface area contributed by atoms with Gasteiger partial charge >= 0.3 is 0 Å². The topological polar surface area (TPSA) is 40.2 Å². The summed E-state index contributed by atoms with van der Waals surface area (Å²) in [6.45, 7) is 0. The predicted molar refractivity (Wildman–Crippen MR) is 92.9 cm³/mol. The standard InChI is InChI=1S/C20H14N2O/c1-22(17-10-4-2-7-14(17)13-21)18-11-6-9-16-15-8-3-5-12-19(15)23-20(16)18/h2-12H,1H3. The second-order valence-corrected chi connectivity index (χ2v) is 5.44. The molecular weight excluding hydrogens is 284 g/mol. The molecule has 0 unspecified atom stereocenters. The summed E-state index contributed by atoms with van der Waals surface area (Å²) in [6, 6.07) is 23.9. The van der Waals surface area contributed by atoms with Gasteiger partial charge in [0.25, 0.3) is 0 Å². The molecule has 0 fully saturated rings. The zero-order valence-corrected chi connectivity index (χ0v) is 12.7. The number of anilines is 2. The van der Waals surface area contributed by atoms with Crippen LogP contribution < -0.4 is 4.90 Å². The summed E-state index contributed by atoms with van der Waals surface area (Å²) < 4.78 is 6.08. The molecule has 0 aliphatic carbocycles. The van der Waals surface area contributed by atoms with E-state index >= 15 is 0 Å². The van der Waals surface area contributed by atoms with Crippen molar-refractivity contribution < 1.29 is 4.42 Å². The van der Waals surface area contributed by atoms with Crippen LogP contribution in [0.5, 0.6) is 0 Å². The highest BCUT2D eigenvalue weighted by atomic mass is 16.3. The van der Waals surface area contributed by atoms with E-state index in [4.69, 9.17) is 4.42 Å². The number of furan rings is 1. The molecule has 1 aromatic heterocycles. The molecule has 0 amide bonds. The van der Waals surface area contributed by atoms with Crippen LogP contribution in [0.1, 0.15) is 5.56 Å². The zero-order valence-electron chi connectivity index (χ0n) is 12.7. The SMILES string of the molecule is CN(c1ccccc1C#N)c1cccc2c1oc1ccccc12. The maximum absolute atomic E-state index is 9.34. The molecule has 4 aromatic rings. The Hall–Kier alpha value is -3.25. The van der Waals surface area contributed by atoms with Gasteiger partial charge in [0.1, 0.15) is 11.7 Å². The molecule has 0 saturated carbocycles. The van der Waals surface area contributed by atoms with Gasteiger partial charge in [-0.3, -0.25) is 0 Å². The first-order valence-corrected chi connectivity index (χ1v) is 7.42. The van der Waals surface area contributed by atoms with E-state index in [0.29, 0.717) is 5.56 Å². The lowest BCUT2D eigenvalue weighted by molar-refractivity contribution is 0.668. The predicted octanol–water partition coefficient (Wildman–Crippen LogP) is 5.23. The van der Waals surface area contributed by atoms with E-state index in [-0.39, 0.29) is 0 Å². The van der Waals surface area contributed by atoms with E-state index < -0.39 is 0 Å². The highest BCUT2D eigenvalue weighted by molar-refractivity contribution is 6.09. The van der Waals surface area contributed by atoms with E-state index in [9.17, 15) is 5.26 Å². The molecule has 0 saturated heterocycles. The van der Waals surface area contributed by atoms with Gasteiger partial charge in [-0.25, -0.2) is 0 Å². The average molecular weight is 298 g/mol. The molecule has 3 nitrogen and oxygen atoms in total. The van der Waals surface area contributed by atoms with Crippen molar-refractivity contribution in [1.29, 1.82) is 5.26 Å². The normalized spacial score (nSPS) is 10.8. The average Bonchev–Trinajstić information content (AvgIpc) is 3.00. The maximum Gasteiger partial charge on any atom is 0.159 e. The number of hydrogen-bond donors (Lipinski definition) is 0. The van der Waals surface area contributed by atoms with Crippen molar-refractivity contribution in [1.82, 2.24) is 0 Å². The fourth-order valence-corrected chi connectivity index (χ4v) is 2.99. The summed E-state index contributed by atoms with van der Waals surface area (Å²) in [4.78, 5) is 2.00. The number of fused-ring (bicyclic) bond motifs is 3. The number of para-hydroxylation sites is 3. The van der Waals surface area contributed by atoms with Crippen LogP contribution in [-0.4, -0.2) is 7.05 Å². The Bertz CT molecular complexity index is 1060. The summed E-state index contributed by atoms with van der Waals surface area (Å²) >= 11 is 0. The Labute approximate surface area is 134 Å². The summed E-state index contributed by atoms with van der Waals surface area (Å²) in [5, 5.41) is 11.5. The van der Waals surface area contributed by atoms with Crippen LogP contribution in [0.15, 0.2) is 71.1 Å². The van der Waals surface area contributed by atoms with E-state index in [1.54, 1.807) is 0 Å².